The van der Waals surface area contributed by atoms with E-state index in [-0.39, 0.29) is 12.3 Å². The maximum atomic E-state index is 11.3. The molecule has 0 bridgehead atoms. The number of nitrogens with zero attached hydrogens (tertiary/aromatic N) is 2. The van der Waals surface area contributed by atoms with Gasteiger partial charge in [-0.1, -0.05) is 6.92 Å². The zero-order valence-corrected chi connectivity index (χ0v) is 9.79. The highest BCUT2D eigenvalue weighted by Gasteiger charge is 2.07. The van der Waals surface area contributed by atoms with Gasteiger partial charge in [-0.25, -0.2) is 23.1 Å². The number of anilines is 2. The Bertz CT molecular complexity index is 417. The number of hydrogen-bond acceptors (Lipinski definition) is 6. The number of sulfonamides is 1. The highest BCUT2D eigenvalue weighted by molar-refractivity contribution is 7.89. The molecule has 0 saturated heterocycles. The number of hydrogen-bond donors (Lipinski definition) is 3. The van der Waals surface area contributed by atoms with Gasteiger partial charge in [-0.3, -0.25) is 0 Å². The Balaban J connectivity index is 2.39. The lowest BCUT2D eigenvalue weighted by atomic mass is 10.6. The van der Waals surface area contributed by atoms with Crippen LogP contribution in [0.4, 0.5) is 11.6 Å². The van der Waals surface area contributed by atoms with Gasteiger partial charge in [-0.05, 0) is 0 Å². The molecule has 1 heterocycles. The second-order valence-corrected chi connectivity index (χ2v) is 5.00. The molecule has 0 atom stereocenters. The standard InChI is InChI=1S/C8H15N5O2S/c1-2-13-16(14,15)4-3-10-8-6-11-7(9)5-12-8/h5-6,13H,2-4H2,1H3,(H2,9,11)(H,10,12). The van der Waals surface area contributed by atoms with Crippen molar-refractivity contribution in [1.82, 2.24) is 14.7 Å². The SMILES string of the molecule is CCNS(=O)(=O)CCNc1cnc(N)cn1. The average molecular weight is 245 g/mol. The molecule has 0 fully saturated rings. The van der Waals surface area contributed by atoms with Gasteiger partial charge in [-0.2, -0.15) is 0 Å². The Morgan fingerprint density at radius 1 is 1.38 bits per heavy atom. The van der Waals surface area contributed by atoms with E-state index >= 15 is 0 Å². The lowest BCUT2D eigenvalue weighted by Gasteiger charge is -2.06. The lowest BCUT2D eigenvalue weighted by molar-refractivity contribution is 0.584. The zero-order valence-electron chi connectivity index (χ0n) is 8.97. The highest BCUT2D eigenvalue weighted by Crippen LogP contribution is 2.00. The van der Waals surface area contributed by atoms with Crippen LogP contribution in [0.3, 0.4) is 0 Å². The van der Waals surface area contributed by atoms with Gasteiger partial charge in [-0.15, -0.1) is 0 Å². The molecule has 0 radical (unpaired) electrons. The van der Waals surface area contributed by atoms with Crippen molar-refractivity contribution in [3.63, 3.8) is 0 Å². The van der Waals surface area contributed by atoms with E-state index in [1.165, 1.54) is 12.4 Å². The van der Waals surface area contributed by atoms with E-state index in [9.17, 15) is 8.42 Å². The molecule has 0 aliphatic heterocycles. The molecule has 90 valence electrons. The molecular weight excluding hydrogens is 230 g/mol. The largest absolute Gasteiger partial charge is 0.382 e. The van der Waals surface area contributed by atoms with Crippen molar-refractivity contribution in [2.75, 3.05) is 29.9 Å². The Morgan fingerprint density at radius 3 is 2.69 bits per heavy atom. The zero-order chi connectivity index (χ0) is 12.0. The van der Waals surface area contributed by atoms with Gasteiger partial charge < -0.3 is 11.1 Å². The predicted octanol–water partition coefficient (Wildman–Crippen LogP) is -0.590. The smallest absolute Gasteiger partial charge is 0.213 e. The summed E-state index contributed by atoms with van der Waals surface area (Å²) in [5.74, 6) is 0.819. The predicted molar refractivity (Wildman–Crippen MR) is 62.4 cm³/mol. The first-order valence-corrected chi connectivity index (χ1v) is 6.47. The summed E-state index contributed by atoms with van der Waals surface area (Å²) in [6, 6.07) is 0. The molecule has 0 spiro atoms. The summed E-state index contributed by atoms with van der Waals surface area (Å²) in [5, 5.41) is 2.84. The molecule has 0 aliphatic carbocycles. The van der Waals surface area contributed by atoms with Gasteiger partial charge >= 0.3 is 0 Å². The van der Waals surface area contributed by atoms with Crippen LogP contribution < -0.4 is 15.8 Å². The molecule has 4 N–H and O–H groups in total. The molecule has 8 heteroatoms. The number of nitrogens with one attached hydrogen (secondary N) is 2. The van der Waals surface area contributed by atoms with Crippen molar-refractivity contribution in [3.05, 3.63) is 12.4 Å². The summed E-state index contributed by atoms with van der Waals surface area (Å²) >= 11 is 0. The van der Waals surface area contributed by atoms with Crippen LogP contribution in [0.5, 0.6) is 0 Å². The van der Waals surface area contributed by atoms with E-state index in [2.05, 4.69) is 20.0 Å². The fourth-order valence-corrected chi connectivity index (χ4v) is 1.99. The van der Waals surface area contributed by atoms with Gasteiger partial charge in [0.05, 0.1) is 18.1 Å². The third-order valence-electron chi connectivity index (χ3n) is 1.71. The summed E-state index contributed by atoms with van der Waals surface area (Å²) in [5.41, 5.74) is 5.36. The first kappa shape index (κ1) is 12.7. The second kappa shape index (κ2) is 5.61. The first-order chi connectivity index (χ1) is 7.53. The molecule has 0 unspecified atom stereocenters. The van der Waals surface area contributed by atoms with Crippen molar-refractivity contribution >= 4 is 21.7 Å². The van der Waals surface area contributed by atoms with E-state index in [4.69, 9.17) is 5.73 Å². The second-order valence-electron chi connectivity index (χ2n) is 3.07. The number of nitrogens with two attached hydrogens (primary N) is 1. The molecule has 1 aromatic heterocycles. The third kappa shape index (κ3) is 4.41. The van der Waals surface area contributed by atoms with Crippen molar-refractivity contribution in [1.29, 1.82) is 0 Å². The molecule has 0 aromatic carbocycles. The summed E-state index contributed by atoms with van der Waals surface area (Å²) in [4.78, 5) is 7.75. The van der Waals surface area contributed by atoms with Crippen LogP contribution in [-0.4, -0.2) is 37.2 Å². The van der Waals surface area contributed by atoms with Gasteiger partial charge in [0.2, 0.25) is 10.0 Å². The Hall–Kier alpha value is -1.41. The third-order valence-corrected chi connectivity index (χ3v) is 3.18. The molecule has 16 heavy (non-hydrogen) atoms. The van der Waals surface area contributed by atoms with E-state index in [0.29, 0.717) is 18.2 Å². The normalized spacial score (nSPS) is 11.3. The van der Waals surface area contributed by atoms with Gasteiger partial charge in [0.25, 0.3) is 0 Å². The lowest BCUT2D eigenvalue weighted by Crippen LogP contribution is -2.29. The molecule has 0 amide bonds. The van der Waals surface area contributed by atoms with E-state index in [1.54, 1.807) is 6.92 Å². The fraction of sp³-hybridized carbons (Fsp3) is 0.500. The van der Waals surface area contributed by atoms with Crippen LogP contribution in [0, 0.1) is 0 Å². The molecule has 0 saturated carbocycles. The summed E-state index contributed by atoms with van der Waals surface area (Å²) in [7, 11) is -3.20. The fourth-order valence-electron chi connectivity index (χ4n) is 1.03. The minimum absolute atomic E-state index is 0.00705. The highest BCUT2D eigenvalue weighted by atomic mass is 32.2. The van der Waals surface area contributed by atoms with Gasteiger partial charge in [0, 0.05) is 13.1 Å². The first-order valence-electron chi connectivity index (χ1n) is 4.82. The maximum absolute atomic E-state index is 11.3. The van der Waals surface area contributed by atoms with Crippen molar-refractivity contribution in [2.24, 2.45) is 0 Å². The summed E-state index contributed by atoms with van der Waals surface area (Å²) < 4.78 is 24.9. The maximum Gasteiger partial charge on any atom is 0.213 e. The van der Waals surface area contributed by atoms with Gasteiger partial charge in [0.1, 0.15) is 11.6 Å². The van der Waals surface area contributed by atoms with E-state index < -0.39 is 10.0 Å². The van der Waals surface area contributed by atoms with Crippen LogP contribution in [-0.2, 0) is 10.0 Å². The Labute approximate surface area is 94.5 Å². The number of nitrogen functional groups attached to an aromatic ring is 1. The van der Waals surface area contributed by atoms with Crippen molar-refractivity contribution < 1.29 is 8.42 Å². The van der Waals surface area contributed by atoms with Crippen molar-refractivity contribution in [2.45, 2.75) is 6.92 Å². The topological polar surface area (TPSA) is 110 Å². The van der Waals surface area contributed by atoms with E-state index in [0.717, 1.165) is 0 Å². The number of aromatic nitrogens is 2. The summed E-state index contributed by atoms with van der Waals surface area (Å²) in [6.45, 7) is 2.40. The van der Waals surface area contributed by atoms with Crippen molar-refractivity contribution in [3.8, 4) is 0 Å². The van der Waals surface area contributed by atoms with Gasteiger partial charge in [0.15, 0.2) is 0 Å². The van der Waals surface area contributed by atoms with Crippen LogP contribution >= 0.6 is 0 Å². The monoisotopic (exact) mass is 245 g/mol. The number of rotatable bonds is 6. The minimum atomic E-state index is -3.20. The Morgan fingerprint density at radius 2 is 2.12 bits per heavy atom. The Kier molecular flexibility index (Phi) is 4.44. The molecule has 1 aromatic rings. The van der Waals surface area contributed by atoms with Crippen LogP contribution in [0.1, 0.15) is 6.92 Å². The quantitative estimate of drug-likeness (QED) is 0.618. The van der Waals surface area contributed by atoms with Crippen LogP contribution in [0.2, 0.25) is 0 Å². The van der Waals surface area contributed by atoms with Crippen LogP contribution in [0.15, 0.2) is 12.4 Å². The molecular formula is C8H15N5O2S. The van der Waals surface area contributed by atoms with E-state index in [1.807, 2.05) is 0 Å². The molecule has 1 rings (SSSR count). The van der Waals surface area contributed by atoms with Crippen LogP contribution in [0.25, 0.3) is 0 Å². The molecule has 0 aliphatic rings. The minimum Gasteiger partial charge on any atom is -0.382 e. The molecule has 7 nitrogen and oxygen atoms in total. The average Bonchev–Trinajstić information content (AvgIpc) is 2.20. The summed E-state index contributed by atoms with van der Waals surface area (Å²) in [6.07, 6.45) is 2.86.